The van der Waals surface area contributed by atoms with Crippen LogP contribution in [-0.2, 0) is 9.53 Å². The van der Waals surface area contributed by atoms with Crippen LogP contribution in [0.25, 0.3) is 5.69 Å². The fourth-order valence-corrected chi connectivity index (χ4v) is 3.11. The van der Waals surface area contributed by atoms with E-state index in [1.165, 1.54) is 23.6 Å². The second-order valence-electron chi connectivity index (χ2n) is 5.71. The predicted octanol–water partition coefficient (Wildman–Crippen LogP) is 2.58. The minimum absolute atomic E-state index is 0.133. The molecule has 0 bridgehead atoms. The SMILES string of the molecule is CCOc1ccc(NC(=O)CSc2nnnn2-c2ccc(C(=O)OC)cc2)cc1. The Kier molecular flexibility index (Phi) is 6.80. The number of esters is 1. The number of thioether (sulfide) groups is 1. The first-order chi connectivity index (χ1) is 14.1. The zero-order chi connectivity index (χ0) is 20.6. The van der Waals surface area contributed by atoms with Gasteiger partial charge < -0.3 is 14.8 Å². The summed E-state index contributed by atoms with van der Waals surface area (Å²) in [6, 6.07) is 13.8. The van der Waals surface area contributed by atoms with Crippen LogP contribution in [0.5, 0.6) is 5.75 Å². The van der Waals surface area contributed by atoms with Gasteiger partial charge >= 0.3 is 5.97 Å². The van der Waals surface area contributed by atoms with Gasteiger partial charge in [-0.25, -0.2) is 4.79 Å². The summed E-state index contributed by atoms with van der Waals surface area (Å²) in [6.45, 7) is 2.50. The molecule has 29 heavy (non-hydrogen) atoms. The van der Waals surface area contributed by atoms with Crippen LogP contribution in [0.2, 0.25) is 0 Å². The lowest BCUT2D eigenvalue weighted by atomic mass is 10.2. The second-order valence-corrected chi connectivity index (χ2v) is 6.65. The number of hydrogen-bond donors (Lipinski definition) is 1. The van der Waals surface area contributed by atoms with E-state index in [4.69, 9.17) is 4.74 Å². The van der Waals surface area contributed by atoms with E-state index in [-0.39, 0.29) is 11.7 Å². The molecule has 1 aromatic heterocycles. The van der Waals surface area contributed by atoms with Gasteiger partial charge in [0.1, 0.15) is 5.75 Å². The summed E-state index contributed by atoms with van der Waals surface area (Å²) in [6.07, 6.45) is 0. The molecular weight excluding hydrogens is 394 g/mol. The molecular formula is C19H19N5O4S. The Bertz CT molecular complexity index is 973. The number of amides is 1. The number of benzene rings is 2. The summed E-state index contributed by atoms with van der Waals surface area (Å²) in [7, 11) is 1.32. The number of nitrogens with one attached hydrogen (secondary N) is 1. The maximum absolute atomic E-state index is 12.2. The lowest BCUT2D eigenvalue weighted by Gasteiger charge is -2.07. The van der Waals surface area contributed by atoms with E-state index in [2.05, 4.69) is 25.6 Å². The largest absolute Gasteiger partial charge is 0.494 e. The van der Waals surface area contributed by atoms with Crippen molar-refractivity contribution < 1.29 is 19.1 Å². The van der Waals surface area contributed by atoms with Crippen molar-refractivity contribution >= 4 is 29.3 Å². The molecule has 0 radical (unpaired) electrons. The van der Waals surface area contributed by atoms with E-state index >= 15 is 0 Å². The van der Waals surface area contributed by atoms with Crippen molar-refractivity contribution in [1.82, 2.24) is 20.2 Å². The highest BCUT2D eigenvalue weighted by atomic mass is 32.2. The predicted molar refractivity (Wildman–Crippen MR) is 107 cm³/mol. The van der Waals surface area contributed by atoms with Gasteiger partial charge in [0.2, 0.25) is 11.1 Å². The Hall–Kier alpha value is -3.40. The smallest absolute Gasteiger partial charge is 0.337 e. The van der Waals surface area contributed by atoms with Crippen LogP contribution in [0, 0.1) is 0 Å². The quantitative estimate of drug-likeness (QED) is 0.443. The Morgan fingerprint density at radius 3 is 2.48 bits per heavy atom. The van der Waals surface area contributed by atoms with Gasteiger partial charge in [-0.2, -0.15) is 4.68 Å². The molecule has 0 fully saturated rings. The molecule has 0 aliphatic rings. The van der Waals surface area contributed by atoms with E-state index in [9.17, 15) is 9.59 Å². The zero-order valence-corrected chi connectivity index (χ0v) is 16.7. The third-order valence-corrected chi connectivity index (χ3v) is 4.67. The van der Waals surface area contributed by atoms with Gasteiger partial charge in [0.05, 0.1) is 30.7 Å². The summed E-state index contributed by atoms with van der Waals surface area (Å²) in [5.74, 6) is 0.272. The van der Waals surface area contributed by atoms with Crippen LogP contribution in [-0.4, -0.2) is 51.6 Å². The summed E-state index contributed by atoms with van der Waals surface area (Å²) >= 11 is 1.20. The molecule has 0 aliphatic carbocycles. The molecule has 9 nitrogen and oxygen atoms in total. The van der Waals surface area contributed by atoms with Crippen molar-refractivity contribution in [2.24, 2.45) is 0 Å². The summed E-state index contributed by atoms with van der Waals surface area (Å²) in [4.78, 5) is 23.8. The fraction of sp³-hybridized carbons (Fsp3) is 0.211. The summed E-state index contributed by atoms with van der Waals surface area (Å²) in [5, 5.41) is 14.8. The molecule has 0 spiro atoms. The van der Waals surface area contributed by atoms with Crippen molar-refractivity contribution in [3.05, 3.63) is 54.1 Å². The topological polar surface area (TPSA) is 108 Å². The number of anilines is 1. The summed E-state index contributed by atoms with van der Waals surface area (Å²) in [5.41, 5.74) is 1.77. The maximum atomic E-state index is 12.2. The monoisotopic (exact) mass is 413 g/mol. The molecule has 3 aromatic rings. The van der Waals surface area contributed by atoms with Crippen LogP contribution >= 0.6 is 11.8 Å². The first kappa shape index (κ1) is 20.3. The van der Waals surface area contributed by atoms with Crippen molar-refractivity contribution in [1.29, 1.82) is 0 Å². The molecule has 1 heterocycles. The van der Waals surface area contributed by atoms with Crippen LogP contribution in [0.3, 0.4) is 0 Å². The average molecular weight is 413 g/mol. The number of ether oxygens (including phenoxy) is 2. The van der Waals surface area contributed by atoms with E-state index < -0.39 is 5.97 Å². The third kappa shape index (κ3) is 5.32. The van der Waals surface area contributed by atoms with Gasteiger partial charge in [-0.05, 0) is 65.9 Å². The normalized spacial score (nSPS) is 10.4. The molecule has 0 saturated carbocycles. The fourth-order valence-electron chi connectivity index (χ4n) is 2.42. The number of aromatic nitrogens is 4. The van der Waals surface area contributed by atoms with Crippen molar-refractivity contribution in [2.75, 3.05) is 24.8 Å². The molecule has 1 N–H and O–H groups in total. The zero-order valence-electron chi connectivity index (χ0n) is 15.9. The van der Waals surface area contributed by atoms with E-state index in [1.54, 1.807) is 48.5 Å². The van der Waals surface area contributed by atoms with Crippen molar-refractivity contribution in [2.45, 2.75) is 12.1 Å². The molecule has 1 amide bonds. The Balaban J connectivity index is 1.59. The van der Waals surface area contributed by atoms with E-state index in [1.807, 2.05) is 6.92 Å². The second kappa shape index (κ2) is 9.69. The Morgan fingerprint density at radius 1 is 1.10 bits per heavy atom. The molecule has 10 heteroatoms. The van der Waals surface area contributed by atoms with Gasteiger partial charge in [-0.1, -0.05) is 11.8 Å². The lowest BCUT2D eigenvalue weighted by Crippen LogP contribution is -2.14. The summed E-state index contributed by atoms with van der Waals surface area (Å²) < 4.78 is 11.6. The Labute approximate surface area is 171 Å². The highest BCUT2D eigenvalue weighted by molar-refractivity contribution is 7.99. The molecule has 2 aromatic carbocycles. The van der Waals surface area contributed by atoms with Crippen molar-refractivity contribution in [3.8, 4) is 11.4 Å². The maximum Gasteiger partial charge on any atom is 0.337 e. The van der Waals surface area contributed by atoms with Gasteiger partial charge in [0.15, 0.2) is 0 Å². The molecule has 3 rings (SSSR count). The highest BCUT2D eigenvalue weighted by Crippen LogP contribution is 2.20. The van der Waals surface area contributed by atoms with Crippen LogP contribution < -0.4 is 10.1 Å². The number of tetrazole rings is 1. The minimum Gasteiger partial charge on any atom is -0.494 e. The van der Waals surface area contributed by atoms with Crippen molar-refractivity contribution in [3.63, 3.8) is 0 Å². The number of carbonyl (C=O) groups is 2. The first-order valence-corrected chi connectivity index (χ1v) is 9.72. The molecule has 0 atom stereocenters. The number of rotatable bonds is 8. The van der Waals surface area contributed by atoms with Gasteiger partial charge in [-0.3, -0.25) is 4.79 Å². The van der Waals surface area contributed by atoms with Crippen LogP contribution in [0.1, 0.15) is 17.3 Å². The average Bonchev–Trinajstić information content (AvgIpc) is 3.22. The van der Waals surface area contributed by atoms with Crippen LogP contribution in [0.4, 0.5) is 5.69 Å². The number of methoxy groups -OCH3 is 1. The van der Waals surface area contributed by atoms with Gasteiger partial charge in [0.25, 0.3) is 0 Å². The molecule has 150 valence electrons. The minimum atomic E-state index is -0.422. The third-order valence-electron chi connectivity index (χ3n) is 3.76. The highest BCUT2D eigenvalue weighted by Gasteiger charge is 2.13. The lowest BCUT2D eigenvalue weighted by molar-refractivity contribution is -0.113. The van der Waals surface area contributed by atoms with Gasteiger partial charge in [0, 0.05) is 5.69 Å². The number of carbonyl (C=O) groups excluding carboxylic acids is 2. The first-order valence-electron chi connectivity index (χ1n) is 8.73. The Morgan fingerprint density at radius 2 is 1.83 bits per heavy atom. The molecule has 0 saturated heterocycles. The molecule has 0 aliphatic heterocycles. The molecule has 0 unspecified atom stereocenters. The standard InChI is InChI=1S/C19H19N5O4S/c1-3-28-16-10-6-14(7-11-16)20-17(25)12-29-19-21-22-23-24(19)15-8-4-13(5-9-15)18(26)27-2/h4-11H,3,12H2,1-2H3,(H,20,25). The van der Waals surface area contributed by atoms with E-state index in [0.717, 1.165) is 5.75 Å². The van der Waals surface area contributed by atoms with E-state index in [0.29, 0.717) is 28.7 Å². The number of hydrogen-bond acceptors (Lipinski definition) is 8. The van der Waals surface area contributed by atoms with Crippen LogP contribution in [0.15, 0.2) is 53.7 Å². The van der Waals surface area contributed by atoms with Gasteiger partial charge in [-0.15, -0.1) is 5.10 Å². The number of nitrogens with zero attached hydrogens (tertiary/aromatic N) is 4.